The van der Waals surface area contributed by atoms with Crippen molar-refractivity contribution < 1.29 is 4.39 Å². The largest absolute Gasteiger partial charge is 0.361 e. The Balaban J connectivity index is 1.47. The van der Waals surface area contributed by atoms with Crippen LogP contribution in [0.15, 0.2) is 36.9 Å². The first-order chi connectivity index (χ1) is 9.81. The van der Waals surface area contributed by atoms with Crippen molar-refractivity contribution in [3.8, 4) is 0 Å². The van der Waals surface area contributed by atoms with Gasteiger partial charge in [0.2, 0.25) is 0 Å². The van der Waals surface area contributed by atoms with Gasteiger partial charge in [-0.05, 0) is 25.0 Å². The number of hydrogen-bond acceptors (Lipinski definition) is 4. The van der Waals surface area contributed by atoms with E-state index in [2.05, 4.69) is 19.9 Å². The monoisotopic (exact) mass is 290 g/mol. The number of nitrogens with one attached hydrogen (secondary N) is 1. The number of benzene rings is 1. The molecule has 0 saturated heterocycles. The van der Waals surface area contributed by atoms with E-state index in [1.165, 1.54) is 12.1 Å². The van der Waals surface area contributed by atoms with Crippen molar-refractivity contribution in [2.75, 3.05) is 11.9 Å². The third kappa shape index (κ3) is 3.14. The zero-order valence-corrected chi connectivity index (χ0v) is 11.7. The van der Waals surface area contributed by atoms with Gasteiger partial charge in [0.25, 0.3) is 0 Å². The molecule has 1 aromatic carbocycles. The minimum absolute atomic E-state index is 0.241. The number of aryl methyl sites for hydroxylation is 1. The van der Waals surface area contributed by atoms with E-state index in [1.54, 1.807) is 23.6 Å². The summed E-state index contributed by atoms with van der Waals surface area (Å²) in [7, 11) is 0. The minimum Gasteiger partial charge on any atom is -0.361 e. The maximum absolute atomic E-state index is 13.1. The Labute approximate surface area is 120 Å². The van der Waals surface area contributed by atoms with Gasteiger partial charge in [-0.15, -0.1) is 0 Å². The second-order valence-corrected chi connectivity index (χ2v) is 5.60. The molecule has 3 rings (SSSR count). The van der Waals surface area contributed by atoms with Crippen molar-refractivity contribution in [3.63, 3.8) is 0 Å². The summed E-state index contributed by atoms with van der Waals surface area (Å²) in [4.78, 5) is 8.38. The Morgan fingerprint density at radius 2 is 2.25 bits per heavy atom. The first-order valence-corrected chi connectivity index (χ1v) is 7.38. The molecule has 0 bridgehead atoms. The Morgan fingerprint density at radius 3 is 3.10 bits per heavy atom. The fraction of sp³-hybridized carbons (Fsp3) is 0.286. The van der Waals surface area contributed by atoms with Crippen molar-refractivity contribution in [2.45, 2.75) is 19.4 Å². The van der Waals surface area contributed by atoms with Crippen LogP contribution >= 0.6 is 11.3 Å². The topological polar surface area (TPSA) is 42.7 Å². The molecule has 0 aliphatic rings. The fourth-order valence-corrected chi connectivity index (χ4v) is 2.88. The molecule has 2 heterocycles. The highest BCUT2D eigenvalue weighted by Crippen LogP contribution is 2.26. The Kier molecular flexibility index (Phi) is 3.92. The number of halogens is 1. The number of unbranched alkanes of at least 4 members (excludes halogenated alkanes) is 1. The normalized spacial score (nSPS) is 11.1. The van der Waals surface area contributed by atoms with Gasteiger partial charge in [0.1, 0.15) is 5.82 Å². The third-order valence-electron chi connectivity index (χ3n) is 3.03. The Bertz CT molecular complexity index is 678. The summed E-state index contributed by atoms with van der Waals surface area (Å²) in [5, 5.41) is 4.15. The van der Waals surface area contributed by atoms with Gasteiger partial charge in [0, 0.05) is 31.5 Å². The van der Waals surface area contributed by atoms with E-state index in [-0.39, 0.29) is 5.82 Å². The SMILES string of the molecule is Fc1ccc2sc(NCCCCn3ccnc3)nc2c1. The number of thiazole rings is 1. The minimum atomic E-state index is -0.241. The highest BCUT2D eigenvalue weighted by molar-refractivity contribution is 7.22. The lowest BCUT2D eigenvalue weighted by molar-refractivity contribution is 0.621. The maximum atomic E-state index is 13.1. The molecule has 20 heavy (non-hydrogen) atoms. The predicted molar refractivity (Wildman–Crippen MR) is 79.5 cm³/mol. The van der Waals surface area contributed by atoms with E-state index >= 15 is 0 Å². The average Bonchev–Trinajstić information content (AvgIpc) is 3.06. The van der Waals surface area contributed by atoms with Crippen LogP contribution in [0.1, 0.15) is 12.8 Å². The molecule has 4 nitrogen and oxygen atoms in total. The summed E-state index contributed by atoms with van der Waals surface area (Å²) < 4.78 is 16.1. The number of aromatic nitrogens is 3. The molecule has 0 saturated carbocycles. The molecular weight excluding hydrogens is 275 g/mol. The molecule has 0 spiro atoms. The van der Waals surface area contributed by atoms with Crippen molar-refractivity contribution in [1.82, 2.24) is 14.5 Å². The van der Waals surface area contributed by atoms with E-state index in [1.807, 2.05) is 12.5 Å². The molecule has 0 aliphatic carbocycles. The lowest BCUT2D eigenvalue weighted by atomic mass is 10.3. The van der Waals surface area contributed by atoms with E-state index < -0.39 is 0 Å². The predicted octanol–water partition coefficient (Wildman–Crippen LogP) is 3.52. The van der Waals surface area contributed by atoms with Crippen LogP contribution in [0.25, 0.3) is 10.2 Å². The zero-order chi connectivity index (χ0) is 13.8. The standard InChI is InChI=1S/C14H15FN4S/c15-11-3-4-13-12(9-11)18-14(20-13)17-5-1-2-7-19-8-6-16-10-19/h3-4,6,8-10H,1-2,5,7H2,(H,17,18). The number of anilines is 1. The number of imidazole rings is 1. The van der Waals surface area contributed by atoms with Gasteiger partial charge in [-0.25, -0.2) is 14.4 Å². The summed E-state index contributed by atoms with van der Waals surface area (Å²) in [6.07, 6.45) is 7.73. The van der Waals surface area contributed by atoms with Crippen LogP contribution < -0.4 is 5.32 Å². The Morgan fingerprint density at radius 1 is 1.30 bits per heavy atom. The summed E-state index contributed by atoms with van der Waals surface area (Å²) in [5.74, 6) is -0.241. The summed E-state index contributed by atoms with van der Waals surface area (Å²) in [6.45, 7) is 1.85. The highest BCUT2D eigenvalue weighted by Gasteiger charge is 2.04. The molecule has 1 N–H and O–H groups in total. The smallest absolute Gasteiger partial charge is 0.183 e. The van der Waals surface area contributed by atoms with Crippen LogP contribution in [0.2, 0.25) is 0 Å². The lowest BCUT2D eigenvalue weighted by Crippen LogP contribution is -2.03. The van der Waals surface area contributed by atoms with Gasteiger partial charge >= 0.3 is 0 Å². The second-order valence-electron chi connectivity index (χ2n) is 4.57. The van der Waals surface area contributed by atoms with Crippen molar-refractivity contribution in [3.05, 3.63) is 42.7 Å². The molecular formula is C14H15FN4S. The van der Waals surface area contributed by atoms with E-state index in [9.17, 15) is 4.39 Å². The number of fused-ring (bicyclic) bond motifs is 1. The quantitative estimate of drug-likeness (QED) is 0.706. The van der Waals surface area contributed by atoms with Crippen LogP contribution in [-0.2, 0) is 6.54 Å². The fourth-order valence-electron chi connectivity index (χ4n) is 2.01. The number of rotatable bonds is 6. The molecule has 0 radical (unpaired) electrons. The first kappa shape index (κ1) is 13.1. The van der Waals surface area contributed by atoms with Crippen LogP contribution in [0, 0.1) is 5.82 Å². The van der Waals surface area contributed by atoms with Gasteiger partial charge in [-0.2, -0.15) is 0 Å². The molecule has 3 aromatic rings. The number of nitrogens with zero attached hydrogens (tertiary/aromatic N) is 3. The average molecular weight is 290 g/mol. The van der Waals surface area contributed by atoms with E-state index in [4.69, 9.17) is 0 Å². The van der Waals surface area contributed by atoms with Crippen LogP contribution in [0.4, 0.5) is 9.52 Å². The highest BCUT2D eigenvalue weighted by atomic mass is 32.1. The first-order valence-electron chi connectivity index (χ1n) is 6.57. The summed E-state index contributed by atoms with van der Waals surface area (Å²) in [5.41, 5.74) is 0.718. The summed E-state index contributed by atoms with van der Waals surface area (Å²) in [6, 6.07) is 4.71. The van der Waals surface area contributed by atoms with Crippen molar-refractivity contribution in [2.24, 2.45) is 0 Å². The van der Waals surface area contributed by atoms with E-state index in [0.717, 1.165) is 41.3 Å². The molecule has 0 atom stereocenters. The second kappa shape index (κ2) is 6.00. The molecule has 104 valence electrons. The summed E-state index contributed by atoms with van der Waals surface area (Å²) >= 11 is 1.56. The van der Waals surface area contributed by atoms with Crippen molar-refractivity contribution in [1.29, 1.82) is 0 Å². The molecule has 0 fully saturated rings. The molecule has 0 aliphatic heterocycles. The third-order valence-corrected chi connectivity index (χ3v) is 4.02. The Hall–Kier alpha value is -1.95. The number of hydrogen-bond donors (Lipinski definition) is 1. The molecule has 0 amide bonds. The molecule has 6 heteroatoms. The zero-order valence-electron chi connectivity index (χ0n) is 10.9. The van der Waals surface area contributed by atoms with Gasteiger partial charge in [0.05, 0.1) is 16.5 Å². The lowest BCUT2D eigenvalue weighted by Gasteiger charge is -2.03. The maximum Gasteiger partial charge on any atom is 0.183 e. The van der Waals surface area contributed by atoms with Crippen LogP contribution in [0.3, 0.4) is 0 Å². The van der Waals surface area contributed by atoms with Crippen LogP contribution in [0.5, 0.6) is 0 Å². The van der Waals surface area contributed by atoms with E-state index in [0.29, 0.717) is 0 Å². The van der Waals surface area contributed by atoms with Crippen molar-refractivity contribution >= 4 is 26.7 Å². The van der Waals surface area contributed by atoms with Gasteiger partial charge < -0.3 is 9.88 Å². The van der Waals surface area contributed by atoms with Crippen LogP contribution in [-0.4, -0.2) is 21.1 Å². The van der Waals surface area contributed by atoms with Gasteiger partial charge in [-0.1, -0.05) is 11.3 Å². The van der Waals surface area contributed by atoms with Gasteiger partial charge in [-0.3, -0.25) is 0 Å². The molecule has 0 unspecified atom stereocenters. The molecule has 2 aromatic heterocycles. The van der Waals surface area contributed by atoms with Gasteiger partial charge in [0.15, 0.2) is 5.13 Å².